The molecule has 0 aliphatic heterocycles. The molecule has 1 aromatic carbocycles. The molecule has 0 aliphatic carbocycles. The maximum absolute atomic E-state index is 4.03. The van der Waals surface area contributed by atoms with Gasteiger partial charge in [0, 0.05) is 16.8 Å². The van der Waals surface area contributed by atoms with Crippen LogP contribution in [0.5, 0.6) is 0 Å². The smallest absolute Gasteiger partial charge is 0.174 e. The van der Waals surface area contributed by atoms with Crippen LogP contribution in [0.1, 0.15) is 5.56 Å². The molecule has 0 saturated heterocycles. The van der Waals surface area contributed by atoms with E-state index in [1.807, 2.05) is 16.7 Å². The van der Waals surface area contributed by atoms with Gasteiger partial charge < -0.3 is 0 Å². The number of rotatable bonds is 3. The molecule has 5 heteroatoms. The summed E-state index contributed by atoms with van der Waals surface area (Å²) in [6.45, 7) is 0. The zero-order valence-corrected chi connectivity index (χ0v) is 11.9. The van der Waals surface area contributed by atoms with E-state index in [1.165, 1.54) is 10.5 Å². The van der Waals surface area contributed by atoms with Crippen molar-refractivity contribution in [2.75, 3.05) is 0 Å². The highest BCUT2D eigenvalue weighted by Gasteiger charge is 2.04. The molecule has 0 aliphatic rings. The Morgan fingerprint density at radius 1 is 1.22 bits per heavy atom. The molecule has 0 saturated carbocycles. The Bertz CT molecular complexity index is 666. The maximum atomic E-state index is 4.03. The molecule has 18 heavy (non-hydrogen) atoms. The van der Waals surface area contributed by atoms with Crippen molar-refractivity contribution in [2.45, 2.75) is 10.6 Å². The molecule has 2 aromatic heterocycles. The zero-order valence-electron chi connectivity index (χ0n) is 9.45. The van der Waals surface area contributed by atoms with Gasteiger partial charge in [0.15, 0.2) is 5.65 Å². The lowest BCUT2D eigenvalue weighted by Gasteiger charge is -2.04. The van der Waals surface area contributed by atoms with E-state index in [4.69, 9.17) is 0 Å². The molecule has 0 amide bonds. The number of pyridine rings is 1. The van der Waals surface area contributed by atoms with Gasteiger partial charge in [-0.15, -0.1) is 22.0 Å². The highest BCUT2D eigenvalue weighted by molar-refractivity contribution is 9.10. The maximum Gasteiger partial charge on any atom is 0.174 e. The van der Waals surface area contributed by atoms with Crippen LogP contribution in [0.2, 0.25) is 0 Å². The minimum Gasteiger partial charge on any atom is -0.287 e. The molecule has 0 spiro atoms. The number of aromatic nitrogens is 3. The molecule has 0 bridgehead atoms. The Morgan fingerprint density at radius 3 is 2.89 bits per heavy atom. The first kappa shape index (κ1) is 11.7. The molecular formula is C13H10BrN3S. The lowest BCUT2D eigenvalue weighted by molar-refractivity contribution is 1.09. The van der Waals surface area contributed by atoms with Crippen molar-refractivity contribution in [3.05, 3.63) is 59.0 Å². The van der Waals surface area contributed by atoms with Gasteiger partial charge in [0.05, 0.1) is 4.47 Å². The summed E-state index contributed by atoms with van der Waals surface area (Å²) in [7, 11) is 0. The molecule has 0 radical (unpaired) electrons. The third kappa shape index (κ3) is 2.42. The molecule has 0 N–H and O–H groups in total. The Hall–Kier alpha value is -1.33. The van der Waals surface area contributed by atoms with Gasteiger partial charge in [0.1, 0.15) is 6.33 Å². The fourth-order valence-corrected chi connectivity index (χ4v) is 3.29. The van der Waals surface area contributed by atoms with Crippen molar-refractivity contribution in [2.24, 2.45) is 0 Å². The minimum atomic E-state index is 0.846. The minimum absolute atomic E-state index is 0.846. The Kier molecular flexibility index (Phi) is 3.34. The summed E-state index contributed by atoms with van der Waals surface area (Å²) in [6.07, 6.45) is 3.76. The van der Waals surface area contributed by atoms with E-state index in [-0.39, 0.29) is 0 Å². The van der Waals surface area contributed by atoms with Crippen LogP contribution in [0.3, 0.4) is 0 Å². The lowest BCUT2D eigenvalue weighted by atomic mass is 10.2. The van der Waals surface area contributed by atoms with Gasteiger partial charge in [-0.25, -0.2) is 0 Å². The van der Waals surface area contributed by atoms with Crippen molar-refractivity contribution in [3.63, 3.8) is 0 Å². The summed E-state index contributed by atoms with van der Waals surface area (Å²) < 4.78 is 2.90. The van der Waals surface area contributed by atoms with Crippen molar-refractivity contribution < 1.29 is 0 Å². The van der Waals surface area contributed by atoms with Crippen molar-refractivity contribution in [1.82, 2.24) is 14.6 Å². The van der Waals surface area contributed by atoms with E-state index < -0.39 is 0 Å². The normalized spacial score (nSPS) is 10.9. The van der Waals surface area contributed by atoms with Crippen molar-refractivity contribution in [1.29, 1.82) is 0 Å². The summed E-state index contributed by atoms with van der Waals surface area (Å²) in [5.41, 5.74) is 2.17. The van der Waals surface area contributed by atoms with Gasteiger partial charge >= 0.3 is 0 Å². The van der Waals surface area contributed by atoms with E-state index in [1.54, 1.807) is 18.1 Å². The third-order valence-corrected chi connectivity index (χ3v) is 4.19. The molecule has 3 rings (SSSR count). The number of hydrogen-bond donors (Lipinski definition) is 0. The van der Waals surface area contributed by atoms with E-state index in [0.29, 0.717) is 0 Å². The average molecular weight is 320 g/mol. The fourth-order valence-electron chi connectivity index (χ4n) is 1.69. The molecule has 3 nitrogen and oxygen atoms in total. The zero-order chi connectivity index (χ0) is 12.4. The predicted octanol–water partition coefficient (Wildman–Crippen LogP) is 3.78. The standard InChI is InChI=1S/C13H10BrN3S/c14-12-6-11(7-17-9-15-16-13(12)17)18-8-10-4-2-1-3-5-10/h1-7,9H,8H2. The molecular weight excluding hydrogens is 310 g/mol. The first-order valence-electron chi connectivity index (χ1n) is 5.48. The van der Waals surface area contributed by atoms with Gasteiger partial charge in [0.25, 0.3) is 0 Å². The Balaban J connectivity index is 1.82. The highest BCUT2D eigenvalue weighted by Crippen LogP contribution is 2.27. The summed E-state index contributed by atoms with van der Waals surface area (Å²) >= 11 is 5.32. The number of fused-ring (bicyclic) bond motifs is 1. The van der Waals surface area contributed by atoms with Crippen molar-refractivity contribution in [3.8, 4) is 0 Å². The monoisotopic (exact) mass is 319 g/mol. The van der Waals surface area contributed by atoms with Crippen LogP contribution < -0.4 is 0 Å². The van der Waals surface area contributed by atoms with Crippen LogP contribution in [0.15, 0.2) is 58.3 Å². The number of benzene rings is 1. The highest BCUT2D eigenvalue weighted by atomic mass is 79.9. The molecule has 90 valence electrons. The molecule has 0 fully saturated rings. The average Bonchev–Trinajstić information content (AvgIpc) is 2.86. The van der Waals surface area contributed by atoms with E-state index in [0.717, 1.165) is 15.9 Å². The van der Waals surface area contributed by atoms with Crippen LogP contribution in [0, 0.1) is 0 Å². The Labute approximate surface area is 117 Å². The van der Waals surface area contributed by atoms with Crippen LogP contribution in [-0.2, 0) is 5.75 Å². The first-order valence-corrected chi connectivity index (χ1v) is 7.26. The molecule has 2 heterocycles. The lowest BCUT2D eigenvalue weighted by Crippen LogP contribution is -1.87. The predicted molar refractivity (Wildman–Crippen MR) is 76.7 cm³/mol. The number of halogens is 1. The second-order valence-corrected chi connectivity index (χ2v) is 5.76. The fraction of sp³-hybridized carbons (Fsp3) is 0.0769. The Morgan fingerprint density at radius 2 is 2.06 bits per heavy atom. The van der Waals surface area contributed by atoms with Gasteiger partial charge in [-0.1, -0.05) is 30.3 Å². The third-order valence-electron chi connectivity index (χ3n) is 2.57. The second-order valence-electron chi connectivity index (χ2n) is 3.86. The van der Waals surface area contributed by atoms with Gasteiger partial charge in [-0.2, -0.15) is 0 Å². The topological polar surface area (TPSA) is 30.2 Å². The van der Waals surface area contributed by atoms with Gasteiger partial charge in [0.2, 0.25) is 0 Å². The van der Waals surface area contributed by atoms with E-state index in [2.05, 4.69) is 56.5 Å². The van der Waals surface area contributed by atoms with Crippen LogP contribution in [-0.4, -0.2) is 14.6 Å². The molecule has 0 unspecified atom stereocenters. The first-order chi connectivity index (χ1) is 8.83. The second kappa shape index (κ2) is 5.12. The van der Waals surface area contributed by atoms with E-state index in [9.17, 15) is 0 Å². The number of thioether (sulfide) groups is 1. The van der Waals surface area contributed by atoms with E-state index >= 15 is 0 Å². The van der Waals surface area contributed by atoms with Gasteiger partial charge in [-0.3, -0.25) is 4.40 Å². The number of nitrogens with zero attached hydrogens (tertiary/aromatic N) is 3. The summed E-state index contributed by atoms with van der Waals surface area (Å²) in [5, 5.41) is 7.93. The SMILES string of the molecule is Brc1cc(SCc2ccccc2)cn2cnnc12. The largest absolute Gasteiger partial charge is 0.287 e. The molecule has 0 atom stereocenters. The van der Waals surface area contributed by atoms with Crippen LogP contribution >= 0.6 is 27.7 Å². The van der Waals surface area contributed by atoms with Gasteiger partial charge in [-0.05, 0) is 27.6 Å². The summed E-state index contributed by atoms with van der Waals surface area (Å²) in [5.74, 6) is 0.959. The van der Waals surface area contributed by atoms with Crippen LogP contribution in [0.4, 0.5) is 0 Å². The quantitative estimate of drug-likeness (QED) is 0.688. The molecule has 3 aromatic rings. The summed E-state index contributed by atoms with van der Waals surface area (Å²) in [6, 6.07) is 12.5. The van der Waals surface area contributed by atoms with Crippen LogP contribution in [0.25, 0.3) is 5.65 Å². The van der Waals surface area contributed by atoms with Crippen molar-refractivity contribution >= 4 is 33.3 Å². The number of hydrogen-bond acceptors (Lipinski definition) is 3. The summed E-state index contributed by atoms with van der Waals surface area (Å²) in [4.78, 5) is 1.19.